The van der Waals surface area contributed by atoms with Gasteiger partial charge in [-0.15, -0.1) is 11.3 Å². The van der Waals surface area contributed by atoms with Crippen molar-refractivity contribution in [3.8, 4) is 11.3 Å². The van der Waals surface area contributed by atoms with Crippen LogP contribution in [0, 0.1) is 11.7 Å². The van der Waals surface area contributed by atoms with Crippen LogP contribution in [0.3, 0.4) is 0 Å². The molecule has 4 rings (SSSR count). The van der Waals surface area contributed by atoms with Gasteiger partial charge in [0.05, 0.1) is 18.2 Å². The maximum atomic E-state index is 13.4. The van der Waals surface area contributed by atoms with Crippen LogP contribution in [0.25, 0.3) is 16.2 Å². The summed E-state index contributed by atoms with van der Waals surface area (Å²) in [6.45, 7) is 3.00. The number of thiazole rings is 1. The summed E-state index contributed by atoms with van der Waals surface area (Å²) in [5.74, 6) is -1.12. The first-order chi connectivity index (χ1) is 13.6. The van der Waals surface area contributed by atoms with Crippen molar-refractivity contribution in [2.24, 2.45) is 5.92 Å². The first-order valence-corrected chi connectivity index (χ1v) is 10.1. The molecule has 0 aliphatic carbocycles. The van der Waals surface area contributed by atoms with Crippen molar-refractivity contribution < 1.29 is 18.7 Å². The Kier molecular flexibility index (Phi) is 5.13. The van der Waals surface area contributed by atoms with E-state index in [4.69, 9.17) is 4.74 Å². The number of carbonyl (C=O) groups excluding carboxylic acids is 2. The predicted molar refractivity (Wildman–Crippen MR) is 104 cm³/mol. The molecular formula is C20H20FN3O3S. The third-order valence-corrected chi connectivity index (χ3v) is 5.67. The smallest absolute Gasteiger partial charge is 0.310 e. The van der Waals surface area contributed by atoms with E-state index in [0.29, 0.717) is 42.5 Å². The topological polar surface area (TPSA) is 63.9 Å². The van der Waals surface area contributed by atoms with E-state index in [9.17, 15) is 14.0 Å². The molecule has 2 aromatic heterocycles. The molecule has 28 heavy (non-hydrogen) atoms. The standard InChI is InChI=1S/C20H20FN3O3S/c1-2-27-19(26)14-4-3-9-23(12-14)18(25)16-17(13-5-7-15(21)8-6-13)24-10-11-28-20(24)22-16/h5-8,10-11,14H,2-4,9,12H2,1H3. The zero-order valence-corrected chi connectivity index (χ0v) is 16.2. The summed E-state index contributed by atoms with van der Waals surface area (Å²) in [5.41, 5.74) is 1.68. The maximum absolute atomic E-state index is 13.4. The number of imidazole rings is 1. The van der Waals surface area contributed by atoms with Crippen molar-refractivity contribution in [1.29, 1.82) is 0 Å². The summed E-state index contributed by atoms with van der Waals surface area (Å²) in [7, 11) is 0. The quantitative estimate of drug-likeness (QED) is 0.627. The van der Waals surface area contributed by atoms with E-state index in [0.717, 1.165) is 12.0 Å². The van der Waals surface area contributed by atoms with Crippen molar-refractivity contribution in [2.75, 3.05) is 19.7 Å². The van der Waals surface area contributed by atoms with E-state index < -0.39 is 0 Å². The maximum Gasteiger partial charge on any atom is 0.310 e. The van der Waals surface area contributed by atoms with Gasteiger partial charge in [-0.2, -0.15) is 0 Å². The zero-order chi connectivity index (χ0) is 19.7. The molecule has 1 aliphatic rings. The zero-order valence-electron chi connectivity index (χ0n) is 15.4. The highest BCUT2D eigenvalue weighted by Gasteiger charge is 2.32. The Morgan fingerprint density at radius 1 is 1.32 bits per heavy atom. The average molecular weight is 401 g/mol. The molecule has 0 saturated carbocycles. The number of likely N-dealkylation sites (tertiary alicyclic amines) is 1. The summed E-state index contributed by atoms with van der Waals surface area (Å²) in [4.78, 5) is 32.3. The van der Waals surface area contributed by atoms with E-state index in [-0.39, 0.29) is 23.6 Å². The number of esters is 1. The van der Waals surface area contributed by atoms with E-state index in [1.54, 1.807) is 24.0 Å². The van der Waals surface area contributed by atoms with E-state index in [1.807, 2.05) is 16.0 Å². The van der Waals surface area contributed by atoms with Gasteiger partial charge in [-0.3, -0.25) is 14.0 Å². The van der Waals surface area contributed by atoms with Crippen molar-refractivity contribution in [1.82, 2.24) is 14.3 Å². The van der Waals surface area contributed by atoms with Crippen LogP contribution in [0.1, 0.15) is 30.3 Å². The fourth-order valence-electron chi connectivity index (χ4n) is 3.58. The summed E-state index contributed by atoms with van der Waals surface area (Å²) in [5, 5.41) is 1.89. The van der Waals surface area contributed by atoms with Crippen LogP contribution >= 0.6 is 11.3 Å². The van der Waals surface area contributed by atoms with Crippen LogP contribution in [-0.4, -0.2) is 45.9 Å². The lowest BCUT2D eigenvalue weighted by molar-refractivity contribution is -0.149. The highest BCUT2D eigenvalue weighted by atomic mass is 32.1. The SMILES string of the molecule is CCOC(=O)C1CCCN(C(=O)c2nc3sccn3c2-c2ccc(F)cc2)C1. The molecule has 0 spiro atoms. The predicted octanol–water partition coefficient (Wildman–Crippen LogP) is 3.62. The lowest BCUT2D eigenvalue weighted by Gasteiger charge is -2.31. The van der Waals surface area contributed by atoms with Gasteiger partial charge in [0.25, 0.3) is 5.91 Å². The second-order valence-electron chi connectivity index (χ2n) is 6.71. The number of benzene rings is 1. The van der Waals surface area contributed by atoms with Crippen LogP contribution in [-0.2, 0) is 9.53 Å². The summed E-state index contributed by atoms with van der Waals surface area (Å²) < 4.78 is 20.3. The van der Waals surface area contributed by atoms with Crippen molar-refractivity contribution in [3.63, 3.8) is 0 Å². The van der Waals surface area contributed by atoms with Gasteiger partial charge < -0.3 is 9.64 Å². The monoisotopic (exact) mass is 401 g/mol. The number of aromatic nitrogens is 2. The number of hydrogen-bond acceptors (Lipinski definition) is 5. The van der Waals surface area contributed by atoms with Crippen LogP contribution in [0.2, 0.25) is 0 Å². The Morgan fingerprint density at radius 3 is 2.86 bits per heavy atom. The number of fused-ring (bicyclic) bond motifs is 1. The molecule has 1 amide bonds. The third kappa shape index (κ3) is 3.40. The number of amides is 1. The Hall–Kier alpha value is -2.74. The largest absolute Gasteiger partial charge is 0.466 e. The Morgan fingerprint density at radius 2 is 2.11 bits per heavy atom. The average Bonchev–Trinajstić information content (AvgIpc) is 3.30. The molecule has 0 N–H and O–H groups in total. The van der Waals surface area contributed by atoms with Crippen molar-refractivity contribution in [3.05, 3.63) is 47.4 Å². The highest BCUT2D eigenvalue weighted by molar-refractivity contribution is 7.15. The molecule has 1 saturated heterocycles. The van der Waals surface area contributed by atoms with Gasteiger partial charge in [0.15, 0.2) is 10.7 Å². The van der Waals surface area contributed by atoms with Crippen LogP contribution < -0.4 is 0 Å². The van der Waals surface area contributed by atoms with Crippen LogP contribution in [0.5, 0.6) is 0 Å². The molecule has 1 aliphatic heterocycles. The summed E-state index contributed by atoms with van der Waals surface area (Å²) in [6, 6.07) is 6.02. The van der Waals surface area contributed by atoms with Gasteiger partial charge in [-0.25, -0.2) is 9.37 Å². The fraction of sp³-hybridized carbons (Fsp3) is 0.350. The first-order valence-electron chi connectivity index (χ1n) is 9.26. The van der Waals surface area contributed by atoms with Gasteiger partial charge in [0.2, 0.25) is 0 Å². The second-order valence-corrected chi connectivity index (χ2v) is 7.59. The van der Waals surface area contributed by atoms with Gasteiger partial charge >= 0.3 is 5.97 Å². The van der Waals surface area contributed by atoms with Crippen molar-refractivity contribution in [2.45, 2.75) is 19.8 Å². The lowest BCUT2D eigenvalue weighted by atomic mass is 9.97. The molecule has 0 radical (unpaired) electrons. The molecule has 3 heterocycles. The minimum atomic E-state index is -0.337. The fourth-order valence-corrected chi connectivity index (χ4v) is 4.30. The number of hydrogen-bond donors (Lipinski definition) is 0. The summed E-state index contributed by atoms with van der Waals surface area (Å²) in [6.07, 6.45) is 3.30. The Balaban J connectivity index is 1.68. The Labute approximate surface area is 165 Å². The molecule has 1 aromatic carbocycles. The molecule has 8 heteroatoms. The minimum absolute atomic E-state index is 0.218. The molecule has 146 valence electrons. The summed E-state index contributed by atoms with van der Waals surface area (Å²) >= 11 is 1.43. The van der Waals surface area contributed by atoms with E-state index in [1.165, 1.54) is 23.5 Å². The van der Waals surface area contributed by atoms with E-state index in [2.05, 4.69) is 4.98 Å². The van der Waals surface area contributed by atoms with Crippen LogP contribution in [0.4, 0.5) is 4.39 Å². The van der Waals surface area contributed by atoms with Gasteiger partial charge in [0, 0.05) is 30.2 Å². The van der Waals surface area contributed by atoms with E-state index >= 15 is 0 Å². The molecule has 3 aromatic rings. The minimum Gasteiger partial charge on any atom is -0.466 e. The number of carbonyl (C=O) groups is 2. The first kappa shape index (κ1) is 18.6. The molecular weight excluding hydrogens is 381 g/mol. The molecule has 0 bridgehead atoms. The lowest BCUT2D eigenvalue weighted by Crippen LogP contribution is -2.43. The normalized spacial score (nSPS) is 17.1. The molecule has 6 nitrogen and oxygen atoms in total. The number of rotatable bonds is 4. The van der Waals surface area contributed by atoms with Gasteiger partial charge in [-0.1, -0.05) is 0 Å². The molecule has 1 atom stereocenters. The molecule has 1 unspecified atom stereocenters. The number of piperidine rings is 1. The second kappa shape index (κ2) is 7.71. The van der Waals surface area contributed by atoms with Gasteiger partial charge in [0.1, 0.15) is 5.82 Å². The number of halogens is 1. The highest BCUT2D eigenvalue weighted by Crippen LogP contribution is 2.30. The molecule has 1 fully saturated rings. The van der Waals surface area contributed by atoms with Gasteiger partial charge in [-0.05, 0) is 44.0 Å². The number of ether oxygens (including phenoxy) is 1. The Bertz CT molecular complexity index is 1010. The number of nitrogens with zero attached hydrogens (tertiary/aromatic N) is 3. The third-order valence-electron chi connectivity index (χ3n) is 4.91. The van der Waals surface area contributed by atoms with Crippen LogP contribution in [0.15, 0.2) is 35.8 Å². The van der Waals surface area contributed by atoms with Crippen molar-refractivity contribution >= 4 is 28.2 Å².